The molecule has 3 N–H and O–H groups in total. The molecule has 0 heterocycles. The molecule has 0 aromatic heterocycles. The van der Waals surface area contributed by atoms with E-state index in [1.54, 1.807) is 19.9 Å². The van der Waals surface area contributed by atoms with E-state index in [1.807, 2.05) is 30.3 Å². The fourth-order valence-electron chi connectivity index (χ4n) is 2.05. The zero-order chi connectivity index (χ0) is 17.0. The van der Waals surface area contributed by atoms with Crippen molar-refractivity contribution in [3.8, 4) is 17.2 Å². The third-order valence-corrected chi connectivity index (χ3v) is 3.32. The molecule has 5 heteroatoms. The lowest BCUT2D eigenvalue weighted by atomic mass is 10.1. The van der Waals surface area contributed by atoms with Gasteiger partial charge in [-0.2, -0.15) is 0 Å². The smallest absolute Gasteiger partial charge is 0.211 e. The van der Waals surface area contributed by atoms with Gasteiger partial charge >= 0.3 is 0 Å². The van der Waals surface area contributed by atoms with Crippen molar-refractivity contribution in [2.75, 3.05) is 0 Å². The molecule has 2 aromatic carbocycles. The highest BCUT2D eigenvalue weighted by atomic mass is 16.3. The Kier molecular flexibility index (Phi) is 4.81. The van der Waals surface area contributed by atoms with Crippen molar-refractivity contribution in [3.63, 3.8) is 0 Å². The van der Waals surface area contributed by atoms with Crippen LogP contribution in [-0.2, 0) is 0 Å². The first kappa shape index (κ1) is 16.3. The molecule has 2 aromatic rings. The highest BCUT2D eigenvalue weighted by Gasteiger charge is 2.16. The van der Waals surface area contributed by atoms with E-state index in [4.69, 9.17) is 0 Å². The summed E-state index contributed by atoms with van der Waals surface area (Å²) in [7, 11) is 0. The van der Waals surface area contributed by atoms with E-state index in [2.05, 4.69) is 4.99 Å². The van der Waals surface area contributed by atoms with Crippen molar-refractivity contribution in [2.24, 2.45) is 4.99 Å². The number of carbonyl (C=O) groups is 1. The Hall–Kier alpha value is -3.08. The number of aliphatic imine (C=N–C) groups is 1. The SMILES string of the molecule is C/C=C(\N=C(C)c1ccccc1)C(=O)c1cc(O)c(O)c(O)c1. The summed E-state index contributed by atoms with van der Waals surface area (Å²) in [4.78, 5) is 16.8. The van der Waals surface area contributed by atoms with Gasteiger partial charge in [0.2, 0.25) is 5.78 Å². The van der Waals surface area contributed by atoms with Crippen molar-refractivity contribution in [1.29, 1.82) is 0 Å². The van der Waals surface area contributed by atoms with Gasteiger partial charge < -0.3 is 15.3 Å². The third kappa shape index (κ3) is 3.58. The molecule has 2 rings (SSSR count). The summed E-state index contributed by atoms with van der Waals surface area (Å²) >= 11 is 0. The Balaban J connectivity index is 2.37. The zero-order valence-corrected chi connectivity index (χ0v) is 12.8. The predicted octanol–water partition coefficient (Wildman–Crippen LogP) is 3.40. The van der Waals surface area contributed by atoms with Crippen LogP contribution in [0.4, 0.5) is 0 Å². The number of hydrogen-bond donors (Lipinski definition) is 3. The zero-order valence-electron chi connectivity index (χ0n) is 12.8. The summed E-state index contributed by atoms with van der Waals surface area (Å²) in [6.45, 7) is 3.47. The van der Waals surface area contributed by atoms with Crippen LogP contribution in [-0.4, -0.2) is 26.8 Å². The number of phenolic OH excluding ortho intramolecular Hbond substituents is 3. The average Bonchev–Trinajstić information content (AvgIpc) is 2.57. The van der Waals surface area contributed by atoms with Gasteiger partial charge in [0.05, 0.1) is 0 Å². The molecule has 0 atom stereocenters. The molecule has 0 radical (unpaired) electrons. The maximum Gasteiger partial charge on any atom is 0.211 e. The normalized spacial score (nSPS) is 12.3. The van der Waals surface area contributed by atoms with Crippen molar-refractivity contribution in [2.45, 2.75) is 13.8 Å². The first-order valence-electron chi connectivity index (χ1n) is 7.00. The summed E-state index contributed by atoms with van der Waals surface area (Å²) in [6.07, 6.45) is 1.55. The van der Waals surface area contributed by atoms with Gasteiger partial charge in [0.1, 0.15) is 5.70 Å². The van der Waals surface area contributed by atoms with Gasteiger partial charge in [-0.1, -0.05) is 36.4 Å². The van der Waals surface area contributed by atoms with Crippen LogP contribution in [0.5, 0.6) is 17.2 Å². The Labute approximate surface area is 133 Å². The molecule has 0 aliphatic carbocycles. The van der Waals surface area contributed by atoms with E-state index in [-0.39, 0.29) is 11.3 Å². The molecule has 23 heavy (non-hydrogen) atoms. The minimum atomic E-state index is -0.660. The fraction of sp³-hybridized carbons (Fsp3) is 0.111. The molecule has 0 saturated carbocycles. The van der Waals surface area contributed by atoms with Gasteiger partial charge in [0, 0.05) is 11.3 Å². The van der Waals surface area contributed by atoms with Crippen LogP contribution in [0.3, 0.4) is 0 Å². The second-order valence-corrected chi connectivity index (χ2v) is 4.93. The largest absolute Gasteiger partial charge is 0.504 e. The van der Waals surface area contributed by atoms with Crippen LogP contribution in [0, 0.1) is 0 Å². The Morgan fingerprint density at radius 3 is 2.09 bits per heavy atom. The van der Waals surface area contributed by atoms with Crippen LogP contribution < -0.4 is 0 Å². The lowest BCUT2D eigenvalue weighted by molar-refractivity contribution is 0.103. The maximum atomic E-state index is 12.5. The molecule has 0 unspecified atom stereocenters. The lowest BCUT2D eigenvalue weighted by Crippen LogP contribution is -2.05. The van der Waals surface area contributed by atoms with E-state index < -0.39 is 23.0 Å². The van der Waals surface area contributed by atoms with Gasteiger partial charge in [0.15, 0.2) is 17.2 Å². The number of benzene rings is 2. The van der Waals surface area contributed by atoms with Gasteiger partial charge in [-0.15, -0.1) is 0 Å². The topological polar surface area (TPSA) is 90.1 Å². The molecule has 0 bridgehead atoms. The Morgan fingerprint density at radius 2 is 1.57 bits per heavy atom. The molecule has 0 aliphatic rings. The quantitative estimate of drug-likeness (QED) is 0.349. The summed E-state index contributed by atoms with van der Waals surface area (Å²) in [5.74, 6) is -2.25. The second-order valence-electron chi connectivity index (χ2n) is 4.93. The predicted molar refractivity (Wildman–Crippen MR) is 88.2 cm³/mol. The number of rotatable bonds is 4. The minimum absolute atomic E-state index is 0.0375. The molecule has 0 spiro atoms. The standard InChI is InChI=1S/C18H17NO4/c1-3-14(19-11(2)12-7-5-4-6-8-12)17(22)13-9-15(20)18(23)16(21)10-13/h3-10,20-21,23H,1-2H3/b14-3-,19-11?. The monoisotopic (exact) mass is 311 g/mol. The first-order chi connectivity index (χ1) is 10.9. The van der Waals surface area contributed by atoms with E-state index in [0.29, 0.717) is 5.71 Å². The van der Waals surface area contributed by atoms with Gasteiger partial charge in [0.25, 0.3) is 0 Å². The van der Waals surface area contributed by atoms with Gasteiger partial charge in [-0.05, 0) is 31.5 Å². The fourth-order valence-corrected chi connectivity index (χ4v) is 2.05. The van der Waals surface area contributed by atoms with Crippen molar-refractivity contribution >= 4 is 11.5 Å². The van der Waals surface area contributed by atoms with Crippen LogP contribution in [0.1, 0.15) is 29.8 Å². The Morgan fingerprint density at radius 1 is 1.00 bits per heavy atom. The highest BCUT2D eigenvalue weighted by molar-refractivity contribution is 6.11. The number of aromatic hydroxyl groups is 3. The van der Waals surface area contributed by atoms with Gasteiger partial charge in [-0.3, -0.25) is 4.79 Å². The third-order valence-electron chi connectivity index (χ3n) is 3.32. The molecule has 0 fully saturated rings. The number of Topliss-reactive ketones (excluding diaryl/α,β-unsaturated/α-hetero) is 1. The maximum absolute atomic E-state index is 12.5. The molecular weight excluding hydrogens is 294 g/mol. The van der Waals surface area contributed by atoms with Crippen LogP contribution in [0.15, 0.2) is 59.2 Å². The molecular formula is C18H17NO4. The van der Waals surface area contributed by atoms with E-state index in [0.717, 1.165) is 17.7 Å². The summed E-state index contributed by atoms with van der Waals surface area (Å²) in [6, 6.07) is 11.6. The first-order valence-corrected chi connectivity index (χ1v) is 7.00. The molecule has 118 valence electrons. The van der Waals surface area contributed by atoms with E-state index in [9.17, 15) is 20.1 Å². The van der Waals surface area contributed by atoms with E-state index in [1.165, 1.54) is 0 Å². The molecule has 0 saturated heterocycles. The van der Waals surface area contributed by atoms with Gasteiger partial charge in [-0.25, -0.2) is 4.99 Å². The van der Waals surface area contributed by atoms with Crippen molar-refractivity contribution in [1.82, 2.24) is 0 Å². The van der Waals surface area contributed by atoms with Crippen LogP contribution in [0.25, 0.3) is 0 Å². The Bertz CT molecular complexity index is 769. The van der Waals surface area contributed by atoms with Crippen LogP contribution in [0.2, 0.25) is 0 Å². The van der Waals surface area contributed by atoms with E-state index >= 15 is 0 Å². The number of nitrogens with zero attached hydrogens (tertiary/aromatic N) is 1. The highest BCUT2D eigenvalue weighted by Crippen LogP contribution is 2.36. The van der Waals surface area contributed by atoms with Crippen molar-refractivity contribution < 1.29 is 20.1 Å². The number of allylic oxidation sites excluding steroid dienone is 2. The molecule has 5 nitrogen and oxygen atoms in total. The average molecular weight is 311 g/mol. The van der Waals surface area contributed by atoms with Crippen molar-refractivity contribution in [3.05, 3.63) is 65.4 Å². The summed E-state index contributed by atoms with van der Waals surface area (Å²) < 4.78 is 0. The lowest BCUT2D eigenvalue weighted by Gasteiger charge is -2.07. The second kappa shape index (κ2) is 6.79. The number of hydrogen-bond acceptors (Lipinski definition) is 5. The number of ketones is 1. The molecule has 0 amide bonds. The van der Waals surface area contributed by atoms with Crippen LogP contribution >= 0.6 is 0 Å². The summed E-state index contributed by atoms with van der Waals surface area (Å²) in [5.41, 5.74) is 1.77. The summed E-state index contributed by atoms with van der Waals surface area (Å²) in [5, 5.41) is 28.4. The molecule has 0 aliphatic heterocycles. The minimum Gasteiger partial charge on any atom is -0.504 e. The number of carbonyl (C=O) groups excluding carboxylic acids is 1. The number of phenols is 3.